The highest BCUT2D eigenvalue weighted by Crippen LogP contribution is 2.31. The van der Waals surface area contributed by atoms with Crippen LogP contribution in [0.3, 0.4) is 0 Å². The van der Waals surface area contributed by atoms with E-state index < -0.39 is 0 Å². The van der Waals surface area contributed by atoms with Crippen LogP contribution in [-0.4, -0.2) is 38.4 Å². The number of hydrogen-bond acceptors (Lipinski definition) is 4. The Hall–Kier alpha value is -2.21. The third-order valence-electron chi connectivity index (χ3n) is 5.09. The molecule has 26 heavy (non-hydrogen) atoms. The van der Waals surface area contributed by atoms with Crippen molar-refractivity contribution in [1.82, 2.24) is 19.4 Å². The molecule has 0 aliphatic carbocycles. The molecule has 1 aliphatic heterocycles. The Morgan fingerprint density at radius 2 is 2.19 bits per heavy atom. The van der Waals surface area contributed by atoms with E-state index in [1.807, 2.05) is 11.0 Å². The molecule has 0 radical (unpaired) electrons. The average molecular weight is 369 g/mol. The van der Waals surface area contributed by atoms with Gasteiger partial charge < -0.3 is 9.47 Å². The molecule has 0 bridgehead atoms. The molecular formula is C20H24N4OS. The molecule has 0 spiro atoms. The molecule has 4 rings (SSSR count). The predicted octanol–water partition coefficient (Wildman–Crippen LogP) is 4.02. The van der Waals surface area contributed by atoms with Gasteiger partial charge in [-0.05, 0) is 38.8 Å². The smallest absolute Gasteiger partial charge is 0.227 e. The number of amides is 1. The molecule has 0 saturated carbocycles. The molecule has 6 heteroatoms. The zero-order chi connectivity index (χ0) is 18.1. The number of para-hydroxylation sites is 2. The fourth-order valence-electron chi connectivity index (χ4n) is 3.90. The number of hydrogen-bond donors (Lipinski definition) is 0. The Morgan fingerprint density at radius 3 is 2.96 bits per heavy atom. The molecule has 3 heterocycles. The van der Waals surface area contributed by atoms with Crippen molar-refractivity contribution >= 4 is 28.3 Å². The maximum absolute atomic E-state index is 12.7. The second-order valence-corrected chi connectivity index (χ2v) is 8.22. The van der Waals surface area contributed by atoms with Crippen LogP contribution < -0.4 is 0 Å². The van der Waals surface area contributed by atoms with Crippen molar-refractivity contribution in [1.29, 1.82) is 0 Å². The standard InChI is InChI=1S/C20H24N4OS/c1-14(2)24-18-8-4-3-7-17(18)22-20(24)15-6-5-9-23(12-15)19(25)10-16-11-21-13-26-16/h3-4,7-8,11,13-15H,5-6,9-10,12H2,1-2H3. The summed E-state index contributed by atoms with van der Waals surface area (Å²) in [4.78, 5) is 24.8. The zero-order valence-electron chi connectivity index (χ0n) is 15.3. The summed E-state index contributed by atoms with van der Waals surface area (Å²) < 4.78 is 2.34. The first kappa shape index (κ1) is 17.2. The lowest BCUT2D eigenvalue weighted by molar-refractivity contribution is -0.131. The number of likely N-dealkylation sites (tertiary alicyclic amines) is 1. The van der Waals surface area contributed by atoms with E-state index in [9.17, 15) is 4.79 Å². The van der Waals surface area contributed by atoms with Crippen molar-refractivity contribution in [2.45, 2.75) is 45.1 Å². The third-order valence-corrected chi connectivity index (χ3v) is 5.87. The summed E-state index contributed by atoms with van der Waals surface area (Å²) >= 11 is 1.55. The maximum atomic E-state index is 12.7. The number of benzene rings is 1. The number of aromatic nitrogens is 3. The molecule has 1 atom stereocenters. The van der Waals surface area contributed by atoms with Crippen molar-refractivity contribution in [3.63, 3.8) is 0 Å². The van der Waals surface area contributed by atoms with Gasteiger partial charge in [0, 0.05) is 36.1 Å². The molecule has 1 saturated heterocycles. The summed E-state index contributed by atoms with van der Waals surface area (Å²) in [6.07, 6.45) is 4.36. The Balaban J connectivity index is 1.59. The van der Waals surface area contributed by atoms with Crippen LogP contribution >= 0.6 is 11.3 Å². The quantitative estimate of drug-likeness (QED) is 0.699. The van der Waals surface area contributed by atoms with Crippen LogP contribution in [0.25, 0.3) is 11.0 Å². The monoisotopic (exact) mass is 368 g/mol. The van der Waals surface area contributed by atoms with Crippen LogP contribution in [0.1, 0.15) is 49.4 Å². The molecule has 3 aromatic rings. The van der Waals surface area contributed by atoms with Crippen molar-refractivity contribution in [3.8, 4) is 0 Å². The molecule has 136 valence electrons. The second-order valence-electron chi connectivity index (χ2n) is 7.25. The summed E-state index contributed by atoms with van der Waals surface area (Å²) in [5, 5.41) is 0. The van der Waals surface area contributed by atoms with E-state index in [-0.39, 0.29) is 5.91 Å². The van der Waals surface area contributed by atoms with E-state index in [0.29, 0.717) is 18.4 Å². The predicted molar refractivity (Wildman–Crippen MR) is 104 cm³/mol. The third kappa shape index (κ3) is 3.26. The lowest BCUT2D eigenvalue weighted by Crippen LogP contribution is -2.40. The van der Waals surface area contributed by atoms with E-state index in [1.54, 1.807) is 23.0 Å². The molecule has 2 aromatic heterocycles. The first-order valence-corrected chi connectivity index (χ1v) is 10.1. The minimum Gasteiger partial charge on any atom is -0.342 e. The van der Waals surface area contributed by atoms with E-state index in [2.05, 4.69) is 41.6 Å². The minimum absolute atomic E-state index is 0.200. The number of carbonyl (C=O) groups excluding carboxylic acids is 1. The lowest BCUT2D eigenvalue weighted by atomic mass is 9.96. The van der Waals surface area contributed by atoms with Gasteiger partial charge in [0.05, 0.1) is 23.0 Å². The molecule has 5 nitrogen and oxygen atoms in total. The van der Waals surface area contributed by atoms with Gasteiger partial charge in [-0.1, -0.05) is 12.1 Å². The summed E-state index contributed by atoms with van der Waals surface area (Å²) in [6, 6.07) is 8.67. The van der Waals surface area contributed by atoms with Gasteiger partial charge >= 0.3 is 0 Å². The van der Waals surface area contributed by atoms with Gasteiger partial charge in [0.15, 0.2) is 0 Å². The summed E-state index contributed by atoms with van der Waals surface area (Å²) in [5.41, 5.74) is 4.02. The van der Waals surface area contributed by atoms with Gasteiger partial charge in [0.1, 0.15) is 5.82 Å². The lowest BCUT2D eigenvalue weighted by Gasteiger charge is -2.33. The molecule has 0 N–H and O–H groups in total. The Morgan fingerprint density at radius 1 is 1.35 bits per heavy atom. The van der Waals surface area contributed by atoms with Crippen molar-refractivity contribution < 1.29 is 4.79 Å². The largest absolute Gasteiger partial charge is 0.342 e. The SMILES string of the molecule is CC(C)n1c(C2CCCN(C(=O)Cc3cncs3)C2)nc2ccccc21. The highest BCUT2D eigenvalue weighted by Gasteiger charge is 2.29. The van der Waals surface area contributed by atoms with Crippen LogP contribution in [-0.2, 0) is 11.2 Å². The number of rotatable bonds is 4. The highest BCUT2D eigenvalue weighted by molar-refractivity contribution is 7.09. The van der Waals surface area contributed by atoms with Gasteiger partial charge in [0.25, 0.3) is 0 Å². The van der Waals surface area contributed by atoms with E-state index in [0.717, 1.165) is 42.1 Å². The molecule has 1 aliphatic rings. The number of carbonyl (C=O) groups is 1. The first-order chi connectivity index (χ1) is 12.6. The highest BCUT2D eigenvalue weighted by atomic mass is 32.1. The van der Waals surface area contributed by atoms with Gasteiger partial charge in [-0.25, -0.2) is 4.98 Å². The van der Waals surface area contributed by atoms with Gasteiger partial charge in [-0.15, -0.1) is 11.3 Å². The van der Waals surface area contributed by atoms with Crippen LogP contribution in [0, 0.1) is 0 Å². The number of nitrogens with zero attached hydrogens (tertiary/aromatic N) is 4. The number of thiazole rings is 1. The molecule has 1 aromatic carbocycles. The van der Waals surface area contributed by atoms with Gasteiger partial charge in [-0.3, -0.25) is 9.78 Å². The minimum atomic E-state index is 0.200. The fourth-order valence-corrected chi connectivity index (χ4v) is 4.48. The fraction of sp³-hybridized carbons (Fsp3) is 0.450. The Kier molecular flexibility index (Phi) is 4.76. The number of piperidine rings is 1. The second kappa shape index (κ2) is 7.19. The summed E-state index contributed by atoms with van der Waals surface area (Å²) in [7, 11) is 0. The van der Waals surface area contributed by atoms with Gasteiger partial charge in [-0.2, -0.15) is 0 Å². The van der Waals surface area contributed by atoms with E-state index >= 15 is 0 Å². The topological polar surface area (TPSA) is 51.0 Å². The Labute approximate surface area is 157 Å². The summed E-state index contributed by atoms with van der Waals surface area (Å²) in [5.74, 6) is 1.62. The number of fused-ring (bicyclic) bond motifs is 1. The molecular weight excluding hydrogens is 344 g/mol. The van der Waals surface area contributed by atoms with Crippen molar-refractivity contribution in [3.05, 3.63) is 46.7 Å². The normalized spacial score (nSPS) is 18.0. The van der Waals surface area contributed by atoms with Crippen molar-refractivity contribution in [2.75, 3.05) is 13.1 Å². The first-order valence-electron chi connectivity index (χ1n) is 9.25. The Bertz CT molecular complexity index is 900. The maximum Gasteiger partial charge on any atom is 0.227 e. The van der Waals surface area contributed by atoms with Gasteiger partial charge in [0.2, 0.25) is 5.91 Å². The van der Waals surface area contributed by atoms with Crippen LogP contribution in [0.5, 0.6) is 0 Å². The molecule has 1 amide bonds. The summed E-state index contributed by atoms with van der Waals surface area (Å²) in [6.45, 7) is 6.00. The number of imidazole rings is 1. The molecule has 1 unspecified atom stereocenters. The average Bonchev–Trinajstić information content (AvgIpc) is 3.29. The van der Waals surface area contributed by atoms with Crippen LogP contribution in [0.15, 0.2) is 36.0 Å². The molecule has 1 fully saturated rings. The van der Waals surface area contributed by atoms with E-state index in [4.69, 9.17) is 4.98 Å². The van der Waals surface area contributed by atoms with E-state index in [1.165, 1.54) is 5.52 Å². The van der Waals surface area contributed by atoms with Crippen LogP contribution in [0.2, 0.25) is 0 Å². The zero-order valence-corrected chi connectivity index (χ0v) is 16.1. The van der Waals surface area contributed by atoms with Crippen molar-refractivity contribution in [2.24, 2.45) is 0 Å². The van der Waals surface area contributed by atoms with Crippen LogP contribution in [0.4, 0.5) is 0 Å².